The first-order chi connectivity index (χ1) is 35.1. The predicted molar refractivity (Wildman–Crippen MR) is 254 cm³/mol. The molecule has 73 heavy (non-hydrogen) atoms. The monoisotopic (exact) mass is 1010 g/mol. The van der Waals surface area contributed by atoms with Crippen molar-refractivity contribution < 1.29 is 62.7 Å². The van der Waals surface area contributed by atoms with E-state index in [4.69, 9.17) is 14.5 Å². The molecule has 0 bridgehead atoms. The van der Waals surface area contributed by atoms with Gasteiger partial charge in [0.25, 0.3) is 17.4 Å². The number of carbonyl (C=O) groups excluding carboxylic acids is 7. The fourth-order valence-electron chi connectivity index (χ4n) is 9.96. The van der Waals surface area contributed by atoms with E-state index in [0.29, 0.717) is 60.7 Å². The molecule has 0 saturated carbocycles. The average Bonchev–Trinajstić information content (AvgIpc) is 3.91. The zero-order chi connectivity index (χ0) is 51.9. The molecule has 6 amide bonds. The first-order valence-electron chi connectivity index (χ1n) is 24.2. The molecular formula is C50H58FN9O13. The quantitative estimate of drug-likeness (QED) is 0.0201. The van der Waals surface area contributed by atoms with Crippen LogP contribution in [0.1, 0.15) is 77.8 Å². The standard InChI is InChI=1S/C50H58FN9O13/c1-26-28-11-12-33(45-30-22-60-36(46(30)58-34(44(28)45)18-32(26)51)17-29-31(49(60)70)23-73-50(71)47(29)68)56-41(65)24-72-25-55-39(63)20-54-48(69)35(16-27-8-4-2-5-9-27)57-40(64)21-53-38(62)19-52-37(61)10-6-3-7-15-59-42(66)13-14-43(59)67/h2,4-5,8-9,13-14,17-18,30,33,35,37,41,46-47,52,56,61,65,68H,3,6-7,10-12,15-16,19-25H2,1H3,(H,53,62)(H,54,69)(H,55,63)(H,57,64). The van der Waals surface area contributed by atoms with Crippen LogP contribution in [0, 0.1) is 18.7 Å². The molecule has 0 fully saturated rings. The smallest absolute Gasteiger partial charge is 0.340 e. The van der Waals surface area contributed by atoms with Gasteiger partial charge in [0.15, 0.2) is 6.10 Å². The van der Waals surface area contributed by atoms with Crippen molar-refractivity contribution in [2.24, 2.45) is 10.9 Å². The molecule has 8 rings (SSSR count). The van der Waals surface area contributed by atoms with Gasteiger partial charge in [-0.2, -0.15) is 0 Å². The van der Waals surface area contributed by atoms with Gasteiger partial charge in [-0.25, -0.2) is 9.18 Å². The fraction of sp³-hybridized carbons (Fsp3) is 0.460. The fourth-order valence-corrected chi connectivity index (χ4v) is 9.96. The molecule has 4 aliphatic heterocycles. The minimum absolute atomic E-state index is 0.0615. The summed E-state index contributed by atoms with van der Waals surface area (Å²) in [5.41, 5.74) is 3.20. The van der Waals surface area contributed by atoms with Crippen LogP contribution in [-0.2, 0) is 69.0 Å². The number of pyridine rings is 1. The number of rotatable bonds is 23. The van der Waals surface area contributed by atoms with Crippen molar-refractivity contribution in [2.45, 2.75) is 102 Å². The third kappa shape index (κ3) is 12.1. The number of hydrogen-bond donors (Lipinski definition) is 9. The van der Waals surface area contributed by atoms with E-state index in [2.05, 4.69) is 31.9 Å². The second-order valence-electron chi connectivity index (χ2n) is 18.5. The predicted octanol–water partition coefficient (Wildman–Crippen LogP) is -2.79. The third-order valence-electron chi connectivity index (χ3n) is 13.7. The third-order valence-corrected chi connectivity index (χ3v) is 13.7. The van der Waals surface area contributed by atoms with Crippen LogP contribution in [0.5, 0.6) is 0 Å². The molecule has 3 aromatic rings. The number of imide groups is 1. The number of nitrogens with zero attached hydrogens (tertiary/aromatic N) is 3. The van der Waals surface area contributed by atoms with Gasteiger partial charge in [0.2, 0.25) is 23.6 Å². The summed E-state index contributed by atoms with van der Waals surface area (Å²) in [4.78, 5) is 107. The first kappa shape index (κ1) is 52.3. The number of benzene rings is 2. The maximum absolute atomic E-state index is 15.3. The molecular weight excluding hydrogens is 954 g/mol. The lowest BCUT2D eigenvalue weighted by Gasteiger charge is -2.35. The molecule has 7 atom stereocenters. The summed E-state index contributed by atoms with van der Waals surface area (Å²) in [5.74, 6) is -4.96. The molecule has 7 unspecified atom stereocenters. The van der Waals surface area contributed by atoms with Gasteiger partial charge in [0.1, 0.15) is 37.7 Å². The van der Waals surface area contributed by atoms with Crippen molar-refractivity contribution in [1.29, 1.82) is 0 Å². The van der Waals surface area contributed by atoms with Crippen LogP contribution >= 0.6 is 0 Å². The molecule has 0 radical (unpaired) electrons. The Labute approximate surface area is 417 Å². The van der Waals surface area contributed by atoms with Crippen LogP contribution in [0.4, 0.5) is 4.39 Å². The van der Waals surface area contributed by atoms with Gasteiger partial charge in [0, 0.05) is 60.1 Å². The van der Waals surface area contributed by atoms with Crippen LogP contribution in [0.2, 0.25) is 0 Å². The number of aliphatic hydroxyl groups excluding tert-OH is 3. The van der Waals surface area contributed by atoms with Gasteiger partial charge in [-0.05, 0) is 73.4 Å². The minimum Gasteiger partial charge on any atom is -0.458 e. The molecule has 5 heterocycles. The van der Waals surface area contributed by atoms with Crippen LogP contribution < -0.4 is 48.0 Å². The topological polar surface area (TPSA) is 308 Å². The number of amides is 6. The van der Waals surface area contributed by atoms with E-state index in [1.54, 1.807) is 47.9 Å². The van der Waals surface area contributed by atoms with Gasteiger partial charge in [0.05, 0.1) is 43.2 Å². The molecule has 22 nitrogen and oxygen atoms in total. The van der Waals surface area contributed by atoms with Crippen molar-refractivity contribution >= 4 is 47.0 Å². The van der Waals surface area contributed by atoms with E-state index >= 15 is 4.39 Å². The molecule has 388 valence electrons. The Morgan fingerprint density at radius 3 is 2.41 bits per heavy atom. The zero-order valence-electron chi connectivity index (χ0n) is 40.0. The molecule has 1 aliphatic carbocycles. The summed E-state index contributed by atoms with van der Waals surface area (Å²) in [6, 6.07) is 9.54. The van der Waals surface area contributed by atoms with Crippen LogP contribution in [0.15, 0.2) is 64.4 Å². The van der Waals surface area contributed by atoms with Crippen LogP contribution in [0.25, 0.3) is 5.57 Å². The number of nitrogens with one attached hydrogen (secondary N) is 6. The number of aliphatic hydroxyl groups is 3. The van der Waals surface area contributed by atoms with Gasteiger partial charge in [-0.3, -0.25) is 54.1 Å². The van der Waals surface area contributed by atoms with Crippen molar-refractivity contribution in [1.82, 2.24) is 41.4 Å². The lowest BCUT2D eigenvalue weighted by Crippen LogP contribution is -2.52. The van der Waals surface area contributed by atoms with Crippen molar-refractivity contribution in [3.8, 4) is 0 Å². The highest BCUT2D eigenvalue weighted by Crippen LogP contribution is 2.43. The van der Waals surface area contributed by atoms with E-state index in [1.165, 1.54) is 18.2 Å². The number of aromatic nitrogens is 1. The summed E-state index contributed by atoms with van der Waals surface area (Å²) in [6.45, 7) is 0.0225. The molecule has 5 aliphatic rings. The summed E-state index contributed by atoms with van der Waals surface area (Å²) in [7, 11) is 0. The normalized spacial score (nSPS) is 20.4. The summed E-state index contributed by atoms with van der Waals surface area (Å²) in [6.07, 6.45) is 1.61. The summed E-state index contributed by atoms with van der Waals surface area (Å²) in [5, 5.41) is 49.1. The SMILES string of the molecule is Cc1c(F)cc2c3c1CCC(NC(O)COCNC(=O)CNC(=O)C(Cc1ccccc1)NC(=O)CNC(=O)CNC(O)CCCCCN1C(=O)C=CC1=O)C=3C1Cn3c(cc4c(c3=O)COC(=O)C4O)C1N=2. The Hall–Kier alpha value is -7.02. The highest BCUT2D eigenvalue weighted by atomic mass is 19.1. The Morgan fingerprint density at radius 2 is 1.64 bits per heavy atom. The highest BCUT2D eigenvalue weighted by Gasteiger charge is 2.44. The average molecular weight is 1010 g/mol. The van der Waals surface area contributed by atoms with Crippen molar-refractivity contribution in [2.75, 3.05) is 39.5 Å². The minimum atomic E-state index is -1.63. The van der Waals surface area contributed by atoms with Gasteiger partial charge >= 0.3 is 5.97 Å². The molecule has 2 aromatic carbocycles. The molecule has 0 spiro atoms. The number of fused-ring (bicyclic) bond motifs is 5. The molecule has 0 saturated heterocycles. The number of hydrogen-bond acceptors (Lipinski definition) is 16. The molecule has 23 heteroatoms. The lowest BCUT2D eigenvalue weighted by atomic mass is 9.76. The van der Waals surface area contributed by atoms with Gasteiger partial charge in [-0.1, -0.05) is 36.8 Å². The largest absolute Gasteiger partial charge is 0.458 e. The second-order valence-corrected chi connectivity index (χ2v) is 18.5. The van der Waals surface area contributed by atoms with E-state index in [9.17, 15) is 53.7 Å². The number of carbonyl (C=O) groups is 7. The lowest BCUT2D eigenvalue weighted by molar-refractivity contribution is -0.157. The maximum atomic E-state index is 15.3. The number of cyclic esters (lactones) is 1. The maximum Gasteiger partial charge on any atom is 0.340 e. The van der Waals surface area contributed by atoms with Gasteiger partial charge in [-0.15, -0.1) is 0 Å². The second kappa shape index (κ2) is 23.2. The van der Waals surface area contributed by atoms with E-state index in [0.717, 1.165) is 21.3 Å². The van der Waals surface area contributed by atoms with E-state index in [1.807, 2.05) is 0 Å². The Morgan fingerprint density at radius 1 is 0.904 bits per heavy atom. The van der Waals surface area contributed by atoms with Gasteiger partial charge < -0.3 is 50.6 Å². The molecule has 9 N–H and O–H groups in total. The zero-order valence-corrected chi connectivity index (χ0v) is 40.0. The van der Waals surface area contributed by atoms with Crippen LogP contribution in [-0.4, -0.2) is 130 Å². The highest BCUT2D eigenvalue weighted by molar-refractivity contribution is 6.12. The Bertz CT molecular complexity index is 2880. The first-order valence-corrected chi connectivity index (χ1v) is 24.2. The summed E-state index contributed by atoms with van der Waals surface area (Å²) < 4.78 is 27.5. The Balaban J connectivity index is 0.783. The number of halogens is 1. The number of esters is 1. The number of ether oxygens (including phenoxy) is 2. The van der Waals surface area contributed by atoms with Crippen molar-refractivity contribution in [3.63, 3.8) is 0 Å². The van der Waals surface area contributed by atoms with E-state index < -0.39 is 90.7 Å². The Kier molecular flexibility index (Phi) is 16.7. The van der Waals surface area contributed by atoms with E-state index in [-0.39, 0.29) is 74.9 Å². The molecule has 1 aromatic heterocycles. The number of unbranched alkanes of at least 4 members (excludes halogenated alkanes) is 2. The van der Waals surface area contributed by atoms with Crippen molar-refractivity contribution in [3.05, 3.63) is 115 Å². The van der Waals surface area contributed by atoms with Crippen LogP contribution in [0.3, 0.4) is 0 Å². The summed E-state index contributed by atoms with van der Waals surface area (Å²) >= 11 is 0.